The Morgan fingerprint density at radius 1 is 1.30 bits per heavy atom. The Bertz CT molecular complexity index is 617. The molecular formula is C13H10Br2N2O3. The monoisotopic (exact) mass is 400 g/mol. The predicted octanol–water partition coefficient (Wildman–Crippen LogP) is 3.00. The first-order chi connectivity index (χ1) is 9.43. The molecule has 2 N–H and O–H groups in total. The molecule has 1 fully saturated rings. The average Bonchev–Trinajstić information content (AvgIpc) is 2.64. The second kappa shape index (κ2) is 5.80. The summed E-state index contributed by atoms with van der Waals surface area (Å²) in [5, 5.41) is 12.1. The average molecular weight is 402 g/mol. The van der Waals surface area contributed by atoms with Gasteiger partial charge in [0, 0.05) is 6.54 Å². The molecule has 0 aliphatic carbocycles. The highest BCUT2D eigenvalue weighted by Gasteiger charge is 2.32. The zero-order chi connectivity index (χ0) is 14.9. The number of hydrogen-bond donors (Lipinski definition) is 2. The minimum Gasteiger partial charge on any atom is -0.506 e. The maximum Gasteiger partial charge on any atom is 0.329 e. The van der Waals surface area contributed by atoms with Gasteiger partial charge in [-0.15, -0.1) is 6.58 Å². The molecule has 3 amide bonds. The summed E-state index contributed by atoms with van der Waals surface area (Å²) in [4.78, 5) is 24.7. The Hall–Kier alpha value is -1.60. The second-order valence-corrected chi connectivity index (χ2v) is 5.73. The van der Waals surface area contributed by atoms with E-state index in [-0.39, 0.29) is 18.0 Å². The summed E-state index contributed by atoms with van der Waals surface area (Å²) in [5.74, 6) is -0.336. The van der Waals surface area contributed by atoms with Gasteiger partial charge in [0.15, 0.2) is 0 Å². The Labute approximate surface area is 132 Å². The minimum atomic E-state index is -0.474. The number of aromatic hydroxyl groups is 1. The van der Waals surface area contributed by atoms with Gasteiger partial charge in [-0.05, 0) is 55.6 Å². The number of carbonyl (C=O) groups is 2. The zero-order valence-electron chi connectivity index (χ0n) is 10.2. The summed E-state index contributed by atoms with van der Waals surface area (Å²) in [7, 11) is 0. The summed E-state index contributed by atoms with van der Waals surface area (Å²) in [6.45, 7) is 3.66. The molecular weight excluding hydrogens is 392 g/mol. The molecule has 104 valence electrons. The number of imide groups is 1. The van der Waals surface area contributed by atoms with E-state index in [9.17, 15) is 14.7 Å². The molecule has 2 rings (SSSR count). The molecule has 7 heteroatoms. The number of benzene rings is 1. The highest BCUT2D eigenvalue weighted by Crippen LogP contribution is 2.34. The normalized spacial score (nSPS) is 16.7. The van der Waals surface area contributed by atoms with Crippen LogP contribution in [0.5, 0.6) is 5.75 Å². The van der Waals surface area contributed by atoms with Crippen molar-refractivity contribution in [3.05, 3.63) is 45.0 Å². The van der Waals surface area contributed by atoms with Crippen LogP contribution in [-0.4, -0.2) is 28.5 Å². The van der Waals surface area contributed by atoms with Crippen molar-refractivity contribution in [3.8, 4) is 5.75 Å². The molecule has 0 atom stereocenters. The van der Waals surface area contributed by atoms with E-state index in [1.165, 1.54) is 12.2 Å². The van der Waals surface area contributed by atoms with Crippen LogP contribution in [0.4, 0.5) is 4.79 Å². The minimum absolute atomic E-state index is 0.0715. The highest BCUT2D eigenvalue weighted by molar-refractivity contribution is 9.11. The first-order valence-corrected chi connectivity index (χ1v) is 7.16. The van der Waals surface area contributed by atoms with Crippen LogP contribution < -0.4 is 5.32 Å². The van der Waals surface area contributed by atoms with E-state index >= 15 is 0 Å². The number of carbonyl (C=O) groups excluding carboxylic acids is 2. The topological polar surface area (TPSA) is 69.6 Å². The quantitative estimate of drug-likeness (QED) is 0.464. The lowest BCUT2D eigenvalue weighted by Gasteiger charge is -2.07. The first kappa shape index (κ1) is 14.8. The summed E-state index contributed by atoms with van der Waals surface area (Å²) in [5.41, 5.74) is 0.840. The number of phenolic OH excluding ortho intramolecular Hbond substituents is 1. The van der Waals surface area contributed by atoms with Crippen LogP contribution in [0.15, 0.2) is 39.4 Å². The van der Waals surface area contributed by atoms with E-state index in [1.807, 2.05) is 0 Å². The molecule has 0 saturated carbocycles. The van der Waals surface area contributed by atoms with Gasteiger partial charge in [-0.25, -0.2) is 4.79 Å². The lowest BCUT2D eigenvalue weighted by atomic mass is 10.2. The highest BCUT2D eigenvalue weighted by atomic mass is 79.9. The predicted molar refractivity (Wildman–Crippen MR) is 81.9 cm³/mol. The van der Waals surface area contributed by atoms with E-state index < -0.39 is 11.9 Å². The van der Waals surface area contributed by atoms with E-state index in [0.29, 0.717) is 14.5 Å². The Kier molecular flexibility index (Phi) is 4.29. The molecule has 1 saturated heterocycles. The fourth-order valence-corrected chi connectivity index (χ4v) is 2.92. The molecule has 0 spiro atoms. The number of phenols is 1. The zero-order valence-corrected chi connectivity index (χ0v) is 13.4. The summed E-state index contributed by atoms with van der Waals surface area (Å²) >= 11 is 6.41. The number of halogens is 2. The molecule has 1 aromatic carbocycles. The number of hydrogen-bond acceptors (Lipinski definition) is 3. The van der Waals surface area contributed by atoms with E-state index in [1.54, 1.807) is 12.1 Å². The number of urea groups is 1. The van der Waals surface area contributed by atoms with Crippen molar-refractivity contribution in [2.45, 2.75) is 0 Å². The fraction of sp³-hybridized carbons (Fsp3) is 0.0769. The summed E-state index contributed by atoms with van der Waals surface area (Å²) < 4.78 is 0.969. The van der Waals surface area contributed by atoms with E-state index in [0.717, 1.165) is 4.90 Å². The van der Waals surface area contributed by atoms with E-state index in [4.69, 9.17) is 0 Å². The molecule has 0 unspecified atom stereocenters. The van der Waals surface area contributed by atoms with Crippen molar-refractivity contribution >= 4 is 49.9 Å². The third kappa shape index (κ3) is 2.78. The first-order valence-electron chi connectivity index (χ1n) is 5.57. The number of rotatable bonds is 3. The van der Waals surface area contributed by atoms with Crippen molar-refractivity contribution < 1.29 is 14.7 Å². The number of nitrogens with one attached hydrogen (secondary N) is 1. The molecule has 0 radical (unpaired) electrons. The number of amides is 3. The Morgan fingerprint density at radius 2 is 1.90 bits per heavy atom. The molecule has 5 nitrogen and oxygen atoms in total. The van der Waals surface area contributed by atoms with Crippen molar-refractivity contribution in [1.82, 2.24) is 10.2 Å². The van der Waals surface area contributed by atoms with Crippen LogP contribution in [0, 0.1) is 0 Å². The maximum absolute atomic E-state index is 12.0. The van der Waals surface area contributed by atoms with Gasteiger partial charge in [0.1, 0.15) is 11.4 Å². The van der Waals surface area contributed by atoms with Crippen LogP contribution in [0.2, 0.25) is 0 Å². The van der Waals surface area contributed by atoms with Crippen LogP contribution in [0.3, 0.4) is 0 Å². The van der Waals surface area contributed by atoms with Crippen molar-refractivity contribution in [1.29, 1.82) is 0 Å². The largest absolute Gasteiger partial charge is 0.506 e. The van der Waals surface area contributed by atoms with Crippen molar-refractivity contribution in [3.63, 3.8) is 0 Å². The van der Waals surface area contributed by atoms with Gasteiger partial charge < -0.3 is 10.4 Å². The molecule has 0 bridgehead atoms. The third-order valence-corrected chi connectivity index (χ3v) is 3.83. The molecule has 0 aromatic heterocycles. The second-order valence-electron chi connectivity index (χ2n) is 4.03. The van der Waals surface area contributed by atoms with Crippen LogP contribution in [0.25, 0.3) is 6.08 Å². The molecule has 1 aliphatic rings. The third-order valence-electron chi connectivity index (χ3n) is 2.62. The van der Waals surface area contributed by atoms with E-state index in [2.05, 4.69) is 43.8 Å². The van der Waals surface area contributed by atoms with Gasteiger partial charge >= 0.3 is 6.03 Å². The van der Waals surface area contributed by atoms with Gasteiger partial charge in [0.05, 0.1) is 8.95 Å². The van der Waals surface area contributed by atoms with Crippen molar-refractivity contribution in [2.24, 2.45) is 0 Å². The van der Waals surface area contributed by atoms with Gasteiger partial charge in [-0.3, -0.25) is 9.69 Å². The Morgan fingerprint density at radius 3 is 2.45 bits per heavy atom. The van der Waals surface area contributed by atoms with Crippen LogP contribution in [-0.2, 0) is 4.79 Å². The SMILES string of the molecule is C=CCN1C(=O)N/C(=C/c2cc(Br)c(O)c(Br)c2)C1=O. The van der Waals surface area contributed by atoms with Gasteiger partial charge in [0.2, 0.25) is 0 Å². The van der Waals surface area contributed by atoms with Crippen LogP contribution >= 0.6 is 31.9 Å². The standard InChI is InChI=1S/C13H10Br2N2O3/c1-2-3-17-12(19)10(16-13(17)20)6-7-4-8(14)11(18)9(15)5-7/h2,4-6,18H,1,3H2,(H,16,20)/b10-6+. The molecule has 20 heavy (non-hydrogen) atoms. The van der Waals surface area contributed by atoms with Crippen molar-refractivity contribution in [2.75, 3.05) is 6.54 Å². The summed E-state index contributed by atoms with van der Waals surface area (Å²) in [6, 6.07) is 2.81. The lowest BCUT2D eigenvalue weighted by molar-refractivity contribution is -0.122. The molecule has 1 aromatic rings. The van der Waals surface area contributed by atoms with Crippen LogP contribution in [0.1, 0.15) is 5.56 Å². The van der Waals surface area contributed by atoms with Gasteiger partial charge in [-0.2, -0.15) is 0 Å². The fourth-order valence-electron chi connectivity index (χ4n) is 1.70. The smallest absolute Gasteiger partial charge is 0.329 e. The lowest BCUT2D eigenvalue weighted by Crippen LogP contribution is -2.30. The maximum atomic E-state index is 12.0. The van der Waals surface area contributed by atoms with Gasteiger partial charge in [0.25, 0.3) is 5.91 Å². The Balaban J connectivity index is 2.35. The summed E-state index contributed by atoms with van der Waals surface area (Å²) in [6.07, 6.45) is 3.02. The van der Waals surface area contributed by atoms with Gasteiger partial charge in [-0.1, -0.05) is 6.08 Å². The molecule has 1 aliphatic heterocycles. The molecule has 1 heterocycles. The number of nitrogens with zero attached hydrogens (tertiary/aromatic N) is 1.